The zero-order valence-corrected chi connectivity index (χ0v) is 20.2. The third kappa shape index (κ3) is 4.56. The third-order valence-electron chi connectivity index (χ3n) is 6.70. The number of aromatic nitrogens is 2. The minimum Gasteiger partial charge on any atom is -0.378 e. The molecule has 1 fully saturated rings. The number of rotatable bonds is 3. The van der Waals surface area contributed by atoms with E-state index in [0.29, 0.717) is 48.9 Å². The van der Waals surface area contributed by atoms with Crippen molar-refractivity contribution in [2.75, 3.05) is 31.6 Å². The quantitative estimate of drug-likeness (QED) is 0.271. The number of urea groups is 1. The molecule has 1 saturated heterocycles. The molecule has 0 unspecified atom stereocenters. The second-order valence-corrected chi connectivity index (χ2v) is 9.12. The molecule has 1 aliphatic heterocycles. The zero-order chi connectivity index (χ0) is 26.3. The van der Waals surface area contributed by atoms with Crippen LogP contribution in [-0.4, -0.2) is 47.0 Å². The van der Waals surface area contributed by atoms with E-state index in [4.69, 9.17) is 4.74 Å². The first-order chi connectivity index (χ1) is 18.4. The second kappa shape index (κ2) is 9.50. The van der Waals surface area contributed by atoms with Crippen molar-refractivity contribution in [3.8, 4) is 16.9 Å². The number of nitrogens with zero attached hydrogens (tertiary/aromatic N) is 3. The van der Waals surface area contributed by atoms with Gasteiger partial charge in [-0.3, -0.25) is 0 Å². The summed E-state index contributed by atoms with van der Waals surface area (Å²) in [5, 5.41) is 10.8. The van der Waals surface area contributed by atoms with Crippen molar-refractivity contribution >= 4 is 33.3 Å². The lowest BCUT2D eigenvalue weighted by Gasteiger charge is -2.26. The van der Waals surface area contributed by atoms with E-state index in [1.807, 2.05) is 54.6 Å². The first-order valence-corrected chi connectivity index (χ1v) is 12.2. The zero-order valence-electron chi connectivity index (χ0n) is 20.2. The maximum absolute atomic E-state index is 13.7. The van der Waals surface area contributed by atoms with Crippen LogP contribution in [0.4, 0.5) is 23.7 Å². The second-order valence-electron chi connectivity index (χ2n) is 9.12. The summed E-state index contributed by atoms with van der Waals surface area (Å²) < 4.78 is 47.6. The van der Waals surface area contributed by atoms with Gasteiger partial charge in [-0.25, -0.2) is 9.48 Å². The number of alkyl halides is 3. The van der Waals surface area contributed by atoms with Crippen molar-refractivity contribution in [1.82, 2.24) is 14.7 Å². The highest BCUT2D eigenvalue weighted by Gasteiger charge is 2.35. The molecule has 0 aliphatic carbocycles. The van der Waals surface area contributed by atoms with Gasteiger partial charge in [-0.2, -0.15) is 18.3 Å². The summed E-state index contributed by atoms with van der Waals surface area (Å²) in [6.45, 7) is 1.98. The number of carbonyl (C=O) groups is 1. The van der Waals surface area contributed by atoms with Gasteiger partial charge >= 0.3 is 12.2 Å². The molecule has 0 bridgehead atoms. The number of ether oxygens (including phenoxy) is 1. The largest absolute Gasteiger partial charge is 0.435 e. The van der Waals surface area contributed by atoms with E-state index in [1.165, 1.54) is 4.68 Å². The Labute approximate surface area is 216 Å². The Bertz CT molecular complexity index is 1640. The Morgan fingerprint density at radius 3 is 2.32 bits per heavy atom. The van der Waals surface area contributed by atoms with E-state index >= 15 is 0 Å². The van der Waals surface area contributed by atoms with E-state index in [0.717, 1.165) is 27.6 Å². The average molecular weight is 517 g/mol. The molecular weight excluding hydrogens is 493 g/mol. The fourth-order valence-corrected chi connectivity index (χ4v) is 4.75. The highest BCUT2D eigenvalue weighted by atomic mass is 19.4. The summed E-state index contributed by atoms with van der Waals surface area (Å²) in [4.78, 5) is 14.1. The summed E-state index contributed by atoms with van der Waals surface area (Å²) in [6.07, 6.45) is -4.60. The summed E-state index contributed by atoms with van der Waals surface area (Å²) >= 11 is 0. The predicted molar refractivity (Wildman–Crippen MR) is 140 cm³/mol. The molecule has 38 heavy (non-hydrogen) atoms. The number of halogens is 3. The summed E-state index contributed by atoms with van der Waals surface area (Å²) in [5.74, 6) is 0. The molecule has 0 saturated carbocycles. The van der Waals surface area contributed by atoms with Crippen LogP contribution in [0.5, 0.6) is 0 Å². The Kier molecular flexibility index (Phi) is 6.00. The van der Waals surface area contributed by atoms with Crippen LogP contribution >= 0.6 is 0 Å². The molecule has 2 amide bonds. The van der Waals surface area contributed by atoms with Gasteiger partial charge in [0, 0.05) is 24.3 Å². The van der Waals surface area contributed by atoms with Gasteiger partial charge in [-0.05, 0) is 57.9 Å². The van der Waals surface area contributed by atoms with Gasteiger partial charge in [0.1, 0.15) is 0 Å². The lowest BCUT2D eigenvalue weighted by molar-refractivity contribution is -0.141. The Morgan fingerprint density at radius 2 is 1.55 bits per heavy atom. The number of amides is 2. The molecule has 0 radical (unpaired) electrons. The lowest BCUT2D eigenvalue weighted by atomic mass is 9.99. The minimum atomic E-state index is -4.60. The molecule has 2 heterocycles. The number of anilines is 1. The molecule has 4 aromatic carbocycles. The van der Waals surface area contributed by atoms with Crippen LogP contribution in [-0.2, 0) is 10.9 Å². The molecular formula is C29H23F3N4O2. The number of fused-ring (bicyclic) bond motifs is 3. The fourth-order valence-electron chi connectivity index (χ4n) is 4.75. The normalized spacial score (nSPS) is 14.2. The van der Waals surface area contributed by atoms with Crippen LogP contribution in [0, 0.1) is 0 Å². The molecule has 192 valence electrons. The predicted octanol–water partition coefficient (Wildman–Crippen LogP) is 6.73. The molecule has 5 aromatic rings. The molecule has 0 spiro atoms. The molecule has 6 rings (SSSR count). The van der Waals surface area contributed by atoms with Crippen molar-refractivity contribution in [3.05, 3.63) is 90.6 Å². The van der Waals surface area contributed by atoms with Crippen molar-refractivity contribution in [3.63, 3.8) is 0 Å². The first kappa shape index (κ1) is 24.0. The van der Waals surface area contributed by atoms with Crippen molar-refractivity contribution in [2.45, 2.75) is 6.18 Å². The van der Waals surface area contributed by atoms with Gasteiger partial charge in [0.2, 0.25) is 0 Å². The summed E-state index contributed by atoms with van der Waals surface area (Å²) in [5.41, 5.74) is 0.930. The van der Waals surface area contributed by atoms with Crippen LogP contribution in [0.25, 0.3) is 38.5 Å². The average Bonchev–Trinajstić information content (AvgIpc) is 3.40. The van der Waals surface area contributed by atoms with Crippen LogP contribution in [0.2, 0.25) is 0 Å². The van der Waals surface area contributed by atoms with Crippen molar-refractivity contribution in [1.29, 1.82) is 0 Å². The number of benzene rings is 4. The maximum Gasteiger partial charge on any atom is 0.435 e. The summed E-state index contributed by atoms with van der Waals surface area (Å²) in [7, 11) is 0. The minimum absolute atomic E-state index is 0.246. The van der Waals surface area contributed by atoms with Gasteiger partial charge in [0.25, 0.3) is 0 Å². The lowest BCUT2D eigenvalue weighted by Crippen LogP contribution is -2.43. The van der Waals surface area contributed by atoms with Crippen molar-refractivity contribution < 1.29 is 22.7 Å². The molecule has 1 aromatic heterocycles. The van der Waals surface area contributed by atoms with E-state index < -0.39 is 11.9 Å². The number of morpholine rings is 1. The van der Waals surface area contributed by atoms with E-state index in [2.05, 4.69) is 10.4 Å². The van der Waals surface area contributed by atoms with E-state index in [-0.39, 0.29) is 6.03 Å². The number of hydrogen-bond donors (Lipinski definition) is 1. The van der Waals surface area contributed by atoms with Gasteiger partial charge in [0.05, 0.1) is 24.6 Å². The first-order valence-electron chi connectivity index (χ1n) is 12.2. The van der Waals surface area contributed by atoms with Gasteiger partial charge in [0.15, 0.2) is 5.69 Å². The SMILES string of the molecule is O=C(Nc1ccc(-n2nc(C(F)(F)F)cc2-c2ccc3c(ccc4ccccc43)c2)cc1)N1CCOCC1. The van der Waals surface area contributed by atoms with Crippen LogP contribution in [0.3, 0.4) is 0 Å². The van der Waals surface area contributed by atoms with Crippen LogP contribution in [0.15, 0.2) is 84.9 Å². The molecule has 6 nitrogen and oxygen atoms in total. The standard InChI is InChI=1S/C29H23F3N4O2/c30-29(31,32)27-18-26(21-7-12-25-20(17-21)6-5-19-3-1-2-4-24(19)25)36(34-27)23-10-8-22(9-11-23)33-28(37)35-13-15-38-16-14-35/h1-12,17-18H,13-16H2,(H,33,37). The monoisotopic (exact) mass is 516 g/mol. The number of nitrogens with one attached hydrogen (secondary N) is 1. The van der Waals surface area contributed by atoms with E-state index in [1.54, 1.807) is 29.2 Å². The van der Waals surface area contributed by atoms with Crippen LogP contribution in [0.1, 0.15) is 5.69 Å². The molecule has 1 aliphatic rings. The smallest absolute Gasteiger partial charge is 0.378 e. The summed E-state index contributed by atoms with van der Waals surface area (Å²) in [6, 6.07) is 25.0. The van der Waals surface area contributed by atoms with Gasteiger partial charge < -0.3 is 15.0 Å². The fraction of sp³-hybridized carbons (Fsp3) is 0.172. The van der Waals surface area contributed by atoms with E-state index in [9.17, 15) is 18.0 Å². The van der Waals surface area contributed by atoms with Gasteiger partial charge in [-0.1, -0.05) is 48.5 Å². The maximum atomic E-state index is 13.7. The Hall–Kier alpha value is -4.37. The number of carbonyl (C=O) groups excluding carboxylic acids is 1. The van der Waals surface area contributed by atoms with Crippen molar-refractivity contribution in [2.24, 2.45) is 0 Å². The third-order valence-corrected chi connectivity index (χ3v) is 6.70. The number of hydrogen-bond acceptors (Lipinski definition) is 3. The Morgan fingerprint density at radius 1 is 0.842 bits per heavy atom. The molecule has 0 atom stereocenters. The van der Waals surface area contributed by atoms with Gasteiger partial charge in [-0.15, -0.1) is 0 Å². The topological polar surface area (TPSA) is 59.4 Å². The Balaban J connectivity index is 1.36. The molecule has 9 heteroatoms. The molecule has 1 N–H and O–H groups in total. The van der Waals surface area contributed by atoms with Crippen LogP contribution < -0.4 is 5.32 Å². The highest BCUT2D eigenvalue weighted by Crippen LogP contribution is 2.35. The highest BCUT2D eigenvalue weighted by molar-refractivity contribution is 6.08.